The third-order valence-electron chi connectivity index (χ3n) is 4.21. The lowest BCUT2D eigenvalue weighted by atomic mass is 9.97. The van der Waals surface area contributed by atoms with Crippen molar-refractivity contribution >= 4 is 17.5 Å². The summed E-state index contributed by atoms with van der Waals surface area (Å²) in [7, 11) is 0. The van der Waals surface area contributed by atoms with Crippen molar-refractivity contribution in [2.24, 2.45) is 0 Å². The van der Waals surface area contributed by atoms with Crippen LogP contribution in [0.15, 0.2) is 30.3 Å². The fourth-order valence-corrected chi connectivity index (χ4v) is 3.10. The first kappa shape index (κ1) is 16.2. The molecule has 0 saturated heterocycles. The van der Waals surface area contributed by atoms with Crippen molar-refractivity contribution < 1.29 is 9.59 Å². The number of hydrogen-bond donors (Lipinski definition) is 2. The molecule has 126 valence electrons. The number of benzene rings is 1. The molecular weight excluding hydrogens is 304 g/mol. The Morgan fingerprint density at radius 1 is 1.38 bits per heavy atom. The normalized spacial score (nSPS) is 16.4. The number of para-hydroxylation sites is 1. The predicted molar refractivity (Wildman–Crippen MR) is 91.5 cm³/mol. The molecule has 6 nitrogen and oxygen atoms in total. The van der Waals surface area contributed by atoms with Crippen LogP contribution in [0.4, 0.5) is 5.69 Å². The van der Waals surface area contributed by atoms with Crippen molar-refractivity contribution in [3.8, 4) is 0 Å². The van der Waals surface area contributed by atoms with Crippen LogP contribution in [0.1, 0.15) is 42.3 Å². The minimum Gasteiger partial charge on any atom is -0.349 e. The molecule has 0 spiro atoms. The summed E-state index contributed by atoms with van der Waals surface area (Å²) in [4.78, 5) is 24.0. The lowest BCUT2D eigenvalue weighted by Gasteiger charge is -2.26. The Hall–Kier alpha value is -2.63. The van der Waals surface area contributed by atoms with E-state index in [4.69, 9.17) is 0 Å². The maximum absolute atomic E-state index is 12.2. The second-order valence-corrected chi connectivity index (χ2v) is 6.21. The number of anilines is 1. The molecule has 3 rings (SSSR count). The number of hydrogen-bond acceptors (Lipinski definition) is 3. The summed E-state index contributed by atoms with van der Waals surface area (Å²) in [5, 5.41) is 10.2. The molecule has 0 saturated carbocycles. The van der Waals surface area contributed by atoms with Gasteiger partial charge in [-0.1, -0.05) is 18.2 Å². The standard InChI is InChI=1S/C18H22N4O2/c1-12-10-13(2)22(21-12)9-5-8-17(23)20-16-11-18(24)19-15-7-4-3-6-14(15)16/h3-4,6-7,10,16H,5,8-9,11H2,1-2H3,(H,19,24)(H,20,23). The van der Waals surface area contributed by atoms with Crippen LogP contribution in [-0.4, -0.2) is 21.6 Å². The number of amides is 2. The molecule has 0 radical (unpaired) electrons. The third-order valence-corrected chi connectivity index (χ3v) is 4.21. The van der Waals surface area contributed by atoms with Crippen LogP contribution >= 0.6 is 0 Å². The SMILES string of the molecule is Cc1cc(C)n(CCCC(=O)NC2CC(=O)Nc3ccccc32)n1. The van der Waals surface area contributed by atoms with Gasteiger partial charge in [-0.15, -0.1) is 0 Å². The minimum atomic E-state index is -0.254. The van der Waals surface area contributed by atoms with E-state index < -0.39 is 0 Å². The summed E-state index contributed by atoms with van der Waals surface area (Å²) in [6, 6.07) is 9.36. The maximum atomic E-state index is 12.2. The summed E-state index contributed by atoms with van der Waals surface area (Å²) in [6.07, 6.45) is 1.41. The summed E-state index contributed by atoms with van der Waals surface area (Å²) < 4.78 is 1.92. The highest BCUT2D eigenvalue weighted by Gasteiger charge is 2.25. The number of nitrogens with zero attached hydrogens (tertiary/aromatic N) is 2. The van der Waals surface area contributed by atoms with Crippen LogP contribution in [0.3, 0.4) is 0 Å². The molecule has 1 aliphatic rings. The summed E-state index contributed by atoms with van der Waals surface area (Å²) in [6.45, 7) is 4.69. The van der Waals surface area contributed by atoms with Gasteiger partial charge in [0.1, 0.15) is 0 Å². The van der Waals surface area contributed by atoms with Gasteiger partial charge in [0.25, 0.3) is 0 Å². The van der Waals surface area contributed by atoms with Crippen LogP contribution in [0.2, 0.25) is 0 Å². The predicted octanol–water partition coefficient (Wildman–Crippen LogP) is 2.48. The van der Waals surface area contributed by atoms with E-state index in [-0.39, 0.29) is 24.3 Å². The van der Waals surface area contributed by atoms with Gasteiger partial charge >= 0.3 is 0 Å². The number of rotatable bonds is 5. The van der Waals surface area contributed by atoms with Crippen LogP contribution in [0.5, 0.6) is 0 Å². The molecule has 2 heterocycles. The van der Waals surface area contributed by atoms with E-state index in [1.807, 2.05) is 48.9 Å². The first-order valence-electron chi connectivity index (χ1n) is 8.22. The molecule has 0 aliphatic carbocycles. The molecule has 6 heteroatoms. The van der Waals surface area contributed by atoms with E-state index in [1.54, 1.807) is 0 Å². The summed E-state index contributed by atoms with van der Waals surface area (Å²) in [5.74, 6) is -0.104. The lowest BCUT2D eigenvalue weighted by molar-refractivity contribution is -0.122. The monoisotopic (exact) mass is 326 g/mol. The first-order valence-corrected chi connectivity index (χ1v) is 8.22. The first-order chi connectivity index (χ1) is 11.5. The Labute approximate surface area is 141 Å². The third kappa shape index (κ3) is 3.64. The second kappa shape index (κ2) is 6.86. The number of nitrogens with one attached hydrogen (secondary N) is 2. The van der Waals surface area contributed by atoms with Crippen molar-refractivity contribution in [3.63, 3.8) is 0 Å². The topological polar surface area (TPSA) is 76.0 Å². The highest BCUT2D eigenvalue weighted by atomic mass is 16.2. The van der Waals surface area contributed by atoms with Crippen molar-refractivity contribution in [3.05, 3.63) is 47.3 Å². The molecule has 1 unspecified atom stereocenters. The molecule has 2 aromatic rings. The highest BCUT2D eigenvalue weighted by molar-refractivity contribution is 5.95. The van der Waals surface area contributed by atoms with Gasteiger partial charge < -0.3 is 10.6 Å². The van der Waals surface area contributed by atoms with Crippen molar-refractivity contribution in [2.75, 3.05) is 5.32 Å². The van der Waals surface area contributed by atoms with Gasteiger partial charge in [0, 0.05) is 24.3 Å². The quantitative estimate of drug-likeness (QED) is 0.886. The molecule has 0 fully saturated rings. The molecule has 2 amide bonds. The smallest absolute Gasteiger partial charge is 0.226 e. The zero-order chi connectivity index (χ0) is 17.1. The van der Waals surface area contributed by atoms with E-state index >= 15 is 0 Å². The average molecular weight is 326 g/mol. The van der Waals surface area contributed by atoms with Gasteiger partial charge in [0.2, 0.25) is 11.8 Å². The fourth-order valence-electron chi connectivity index (χ4n) is 3.10. The van der Waals surface area contributed by atoms with Crippen LogP contribution in [0, 0.1) is 13.8 Å². The molecule has 1 aromatic carbocycles. The Balaban J connectivity index is 1.55. The molecule has 2 N–H and O–H groups in total. The van der Waals surface area contributed by atoms with Gasteiger partial charge in [-0.2, -0.15) is 5.10 Å². The molecule has 24 heavy (non-hydrogen) atoms. The number of carbonyl (C=O) groups excluding carboxylic acids is 2. The van der Waals surface area contributed by atoms with E-state index in [1.165, 1.54) is 0 Å². The van der Waals surface area contributed by atoms with Crippen LogP contribution in [-0.2, 0) is 16.1 Å². The highest BCUT2D eigenvalue weighted by Crippen LogP contribution is 2.29. The number of carbonyl (C=O) groups is 2. The van der Waals surface area contributed by atoms with Crippen molar-refractivity contribution in [1.82, 2.24) is 15.1 Å². The van der Waals surface area contributed by atoms with E-state index in [2.05, 4.69) is 15.7 Å². The Kier molecular flexibility index (Phi) is 4.64. The van der Waals surface area contributed by atoms with Crippen molar-refractivity contribution in [1.29, 1.82) is 0 Å². The minimum absolute atomic E-state index is 0.0361. The van der Waals surface area contributed by atoms with Crippen LogP contribution in [0.25, 0.3) is 0 Å². The molecule has 1 atom stereocenters. The van der Waals surface area contributed by atoms with Gasteiger partial charge in [-0.3, -0.25) is 14.3 Å². The van der Waals surface area contributed by atoms with E-state index in [0.717, 1.165) is 29.2 Å². The Bertz CT molecular complexity index is 766. The summed E-state index contributed by atoms with van der Waals surface area (Å²) in [5.41, 5.74) is 3.83. The van der Waals surface area contributed by atoms with E-state index in [0.29, 0.717) is 12.8 Å². The number of fused-ring (bicyclic) bond motifs is 1. The lowest BCUT2D eigenvalue weighted by Crippen LogP contribution is -2.35. The second-order valence-electron chi connectivity index (χ2n) is 6.21. The summed E-state index contributed by atoms with van der Waals surface area (Å²) >= 11 is 0. The van der Waals surface area contributed by atoms with E-state index in [9.17, 15) is 9.59 Å². The molecular formula is C18H22N4O2. The van der Waals surface area contributed by atoms with Gasteiger partial charge in [-0.05, 0) is 38.0 Å². The number of aromatic nitrogens is 2. The number of aryl methyl sites for hydroxylation is 3. The van der Waals surface area contributed by atoms with Gasteiger partial charge in [0.15, 0.2) is 0 Å². The molecule has 0 bridgehead atoms. The Morgan fingerprint density at radius 3 is 2.92 bits per heavy atom. The zero-order valence-electron chi connectivity index (χ0n) is 14.0. The maximum Gasteiger partial charge on any atom is 0.226 e. The Morgan fingerprint density at radius 2 is 2.17 bits per heavy atom. The van der Waals surface area contributed by atoms with Crippen molar-refractivity contribution in [2.45, 2.75) is 45.7 Å². The van der Waals surface area contributed by atoms with Gasteiger partial charge in [0.05, 0.1) is 18.2 Å². The molecule has 1 aromatic heterocycles. The largest absolute Gasteiger partial charge is 0.349 e. The molecule has 1 aliphatic heterocycles. The van der Waals surface area contributed by atoms with Crippen LogP contribution < -0.4 is 10.6 Å². The zero-order valence-corrected chi connectivity index (χ0v) is 14.0. The fraction of sp³-hybridized carbons (Fsp3) is 0.389. The van der Waals surface area contributed by atoms with Gasteiger partial charge in [-0.25, -0.2) is 0 Å². The average Bonchev–Trinajstić information content (AvgIpc) is 2.85.